The second-order valence-electron chi connectivity index (χ2n) is 7.50. The molecule has 2 atom stereocenters. The lowest BCUT2D eigenvalue weighted by Crippen LogP contribution is -2.39. The molecule has 0 saturated heterocycles. The molecule has 3 rings (SSSR count). The molecular formula is C22H28F3N3O3. The molecule has 0 aromatic carbocycles. The van der Waals surface area contributed by atoms with Gasteiger partial charge in [0.1, 0.15) is 17.1 Å². The number of alkyl halides is 3. The van der Waals surface area contributed by atoms with Gasteiger partial charge in [-0.05, 0) is 38.3 Å². The normalized spacial score (nSPS) is 21.6. The van der Waals surface area contributed by atoms with E-state index in [2.05, 4.69) is 10.4 Å². The van der Waals surface area contributed by atoms with Gasteiger partial charge < -0.3 is 14.8 Å². The third-order valence-electron chi connectivity index (χ3n) is 5.46. The molecule has 1 aromatic rings. The minimum absolute atomic E-state index is 0.0298. The number of esters is 1. The number of ether oxygens (including phenoxy) is 2. The van der Waals surface area contributed by atoms with Crippen LogP contribution in [0.15, 0.2) is 41.8 Å². The molecule has 1 aliphatic heterocycles. The first kappa shape index (κ1) is 23.0. The largest absolute Gasteiger partial charge is 0.494 e. The van der Waals surface area contributed by atoms with Gasteiger partial charge in [-0.2, -0.15) is 5.10 Å². The van der Waals surface area contributed by atoms with Crippen LogP contribution in [-0.2, 0) is 16.0 Å². The van der Waals surface area contributed by atoms with Gasteiger partial charge in [-0.25, -0.2) is 22.6 Å². The van der Waals surface area contributed by atoms with Gasteiger partial charge in [-0.1, -0.05) is 18.2 Å². The molecule has 0 radical (unpaired) electrons. The van der Waals surface area contributed by atoms with Crippen molar-refractivity contribution >= 4 is 11.8 Å². The van der Waals surface area contributed by atoms with E-state index >= 15 is 0 Å². The Hall–Kier alpha value is -2.71. The highest BCUT2D eigenvalue weighted by Crippen LogP contribution is 2.38. The highest BCUT2D eigenvalue weighted by Gasteiger charge is 2.43. The second-order valence-corrected chi connectivity index (χ2v) is 7.50. The predicted octanol–water partition coefficient (Wildman–Crippen LogP) is 4.52. The maximum atomic E-state index is 14.6. The van der Waals surface area contributed by atoms with Crippen LogP contribution in [0.5, 0.6) is 0 Å². The van der Waals surface area contributed by atoms with E-state index in [1.165, 1.54) is 10.9 Å². The van der Waals surface area contributed by atoms with Crippen LogP contribution < -0.4 is 5.32 Å². The Bertz CT molecular complexity index is 877. The van der Waals surface area contributed by atoms with E-state index in [1.807, 2.05) is 31.2 Å². The lowest BCUT2D eigenvalue weighted by molar-refractivity contribution is -0.0885. The van der Waals surface area contributed by atoms with Crippen molar-refractivity contribution in [2.45, 2.75) is 39.2 Å². The average molecular weight is 439 g/mol. The highest BCUT2D eigenvalue weighted by atomic mass is 19.3. The summed E-state index contributed by atoms with van der Waals surface area (Å²) in [5.41, 5.74) is 0.938. The number of allylic oxidation sites excluding steroid dienone is 5. The lowest BCUT2D eigenvalue weighted by atomic mass is 9.83. The summed E-state index contributed by atoms with van der Waals surface area (Å²) in [5.74, 6) is -4.88. The fourth-order valence-electron chi connectivity index (χ4n) is 3.91. The van der Waals surface area contributed by atoms with E-state index in [0.717, 1.165) is 5.57 Å². The van der Waals surface area contributed by atoms with Crippen molar-refractivity contribution in [2.24, 2.45) is 11.8 Å². The van der Waals surface area contributed by atoms with Gasteiger partial charge in [0.15, 0.2) is 6.67 Å². The number of fused-ring (bicyclic) bond motifs is 1. The van der Waals surface area contributed by atoms with Crippen LogP contribution in [0.1, 0.15) is 37.0 Å². The predicted molar refractivity (Wildman–Crippen MR) is 111 cm³/mol. The molecule has 1 N–H and O–H groups in total. The fraction of sp³-hybridized carbons (Fsp3) is 0.545. The average Bonchev–Trinajstić information content (AvgIpc) is 2.97. The number of halogens is 3. The van der Waals surface area contributed by atoms with Crippen LogP contribution in [0.4, 0.5) is 19.0 Å². The summed E-state index contributed by atoms with van der Waals surface area (Å²) in [6.07, 6.45) is 9.58. The molecule has 1 aliphatic carbocycles. The molecule has 9 heteroatoms. The minimum atomic E-state index is -3.53. The number of aromatic nitrogens is 2. The maximum Gasteiger partial charge on any atom is 0.343 e. The number of nitrogens with zero attached hydrogens (tertiary/aromatic N) is 2. The first-order valence-corrected chi connectivity index (χ1v) is 10.5. The molecule has 170 valence electrons. The number of carbonyl (C=O) groups excluding carboxylic acids is 1. The van der Waals surface area contributed by atoms with Crippen LogP contribution >= 0.6 is 0 Å². The zero-order chi connectivity index (χ0) is 22.4. The highest BCUT2D eigenvalue weighted by molar-refractivity contribution is 5.94. The number of hydrogen-bond acceptors (Lipinski definition) is 5. The molecule has 31 heavy (non-hydrogen) atoms. The first-order valence-electron chi connectivity index (χ1n) is 10.5. The van der Waals surface area contributed by atoms with Crippen molar-refractivity contribution in [1.29, 1.82) is 0 Å². The second kappa shape index (κ2) is 10.1. The van der Waals surface area contributed by atoms with Gasteiger partial charge in [0.05, 0.1) is 26.0 Å². The van der Waals surface area contributed by atoms with E-state index < -0.39 is 24.5 Å². The summed E-state index contributed by atoms with van der Waals surface area (Å²) in [4.78, 5) is 12.3. The summed E-state index contributed by atoms with van der Waals surface area (Å²) in [5, 5.41) is 7.28. The topological polar surface area (TPSA) is 65.4 Å². The molecule has 0 bridgehead atoms. The molecule has 1 aromatic heterocycles. The lowest BCUT2D eigenvalue weighted by Gasteiger charge is -2.33. The van der Waals surface area contributed by atoms with Gasteiger partial charge in [0.2, 0.25) is 0 Å². The summed E-state index contributed by atoms with van der Waals surface area (Å²) in [6, 6.07) is 0. The van der Waals surface area contributed by atoms with Crippen LogP contribution in [0.25, 0.3) is 0 Å². The molecular weight excluding hydrogens is 411 g/mol. The van der Waals surface area contributed by atoms with Crippen molar-refractivity contribution in [2.75, 3.05) is 31.7 Å². The molecule has 2 unspecified atom stereocenters. The summed E-state index contributed by atoms with van der Waals surface area (Å²) >= 11 is 0. The Labute approximate surface area is 179 Å². The van der Waals surface area contributed by atoms with Gasteiger partial charge in [-0.15, -0.1) is 0 Å². The maximum absolute atomic E-state index is 14.6. The molecule has 6 nitrogen and oxygen atoms in total. The van der Waals surface area contributed by atoms with Crippen molar-refractivity contribution in [1.82, 2.24) is 9.78 Å². The van der Waals surface area contributed by atoms with Crippen LogP contribution in [-0.4, -0.2) is 48.1 Å². The van der Waals surface area contributed by atoms with Crippen LogP contribution in [0, 0.1) is 11.8 Å². The molecule has 0 spiro atoms. The minimum Gasteiger partial charge on any atom is -0.494 e. The van der Waals surface area contributed by atoms with Gasteiger partial charge in [0, 0.05) is 18.4 Å². The number of nitrogens with one attached hydrogen (secondary N) is 1. The summed E-state index contributed by atoms with van der Waals surface area (Å²) < 4.78 is 54.6. The molecule has 0 amide bonds. The van der Waals surface area contributed by atoms with Gasteiger partial charge in [-0.3, -0.25) is 0 Å². The van der Waals surface area contributed by atoms with E-state index in [1.54, 1.807) is 6.92 Å². The molecule has 2 heterocycles. The Kier molecular flexibility index (Phi) is 7.46. The van der Waals surface area contributed by atoms with Crippen molar-refractivity contribution in [3.8, 4) is 0 Å². The van der Waals surface area contributed by atoms with Crippen molar-refractivity contribution < 1.29 is 27.4 Å². The molecule has 2 aliphatic rings. The zero-order valence-corrected chi connectivity index (χ0v) is 17.7. The van der Waals surface area contributed by atoms with Crippen molar-refractivity contribution in [3.63, 3.8) is 0 Å². The van der Waals surface area contributed by atoms with E-state index in [4.69, 9.17) is 9.47 Å². The Morgan fingerprint density at radius 3 is 2.87 bits per heavy atom. The quantitative estimate of drug-likeness (QED) is 0.633. The standard InChI is InChI=1S/C22H28F3N3O3/c1-3-30-19-9-7-5-6-8-17(19)15-10-16(22(24,25)14-23)13-28-20(26-11-15)18(12-27-28)21(29)31-4-2/h5-6,8-9,12,15-16,26H,3-4,7,10-11,13-14H2,1-2H3. The summed E-state index contributed by atoms with van der Waals surface area (Å²) in [6.45, 7) is 2.42. The molecule has 0 saturated carbocycles. The van der Waals surface area contributed by atoms with Crippen molar-refractivity contribution in [3.05, 3.63) is 47.4 Å². The SMILES string of the molecule is CCOC(=O)c1cnn2c1NCC(C1=CC=CCC=C1OCC)CC(C(F)(F)CF)C2. The number of hydrogen-bond donors (Lipinski definition) is 1. The smallest absolute Gasteiger partial charge is 0.343 e. The Morgan fingerprint density at radius 2 is 2.16 bits per heavy atom. The third kappa shape index (κ3) is 5.14. The van der Waals surface area contributed by atoms with E-state index in [9.17, 15) is 18.0 Å². The van der Waals surface area contributed by atoms with E-state index in [-0.39, 0.29) is 37.6 Å². The number of carbonyl (C=O) groups is 1. The van der Waals surface area contributed by atoms with Gasteiger partial charge >= 0.3 is 5.97 Å². The first-order chi connectivity index (χ1) is 14.9. The van der Waals surface area contributed by atoms with Gasteiger partial charge in [0.25, 0.3) is 5.92 Å². The molecule has 0 fully saturated rings. The Balaban J connectivity index is 2.00. The summed E-state index contributed by atoms with van der Waals surface area (Å²) in [7, 11) is 0. The fourth-order valence-corrected chi connectivity index (χ4v) is 3.91. The number of rotatable bonds is 7. The zero-order valence-electron chi connectivity index (χ0n) is 17.7. The van der Waals surface area contributed by atoms with Crippen LogP contribution in [0.2, 0.25) is 0 Å². The van der Waals surface area contributed by atoms with Crippen LogP contribution in [0.3, 0.4) is 0 Å². The number of anilines is 1. The monoisotopic (exact) mass is 439 g/mol. The van der Waals surface area contributed by atoms with E-state index in [0.29, 0.717) is 24.6 Å². The third-order valence-corrected chi connectivity index (χ3v) is 5.46. The Morgan fingerprint density at radius 1 is 1.35 bits per heavy atom.